The van der Waals surface area contributed by atoms with E-state index in [0.717, 1.165) is 51.0 Å². The maximum absolute atomic E-state index is 5.64. The van der Waals surface area contributed by atoms with Gasteiger partial charge in [-0.15, -0.1) is 11.3 Å². The first-order chi connectivity index (χ1) is 10.3. The normalized spacial score (nSPS) is 15.2. The lowest BCUT2D eigenvalue weighted by Gasteiger charge is -2.21. The molecule has 0 aliphatic heterocycles. The second-order valence-electron chi connectivity index (χ2n) is 5.60. The zero-order valence-electron chi connectivity index (χ0n) is 13.2. The molecule has 0 atom stereocenters. The molecule has 0 amide bonds. The van der Waals surface area contributed by atoms with E-state index in [9.17, 15) is 0 Å². The number of rotatable bonds is 9. The zero-order valence-corrected chi connectivity index (χ0v) is 14.0. The van der Waals surface area contributed by atoms with Gasteiger partial charge in [0.15, 0.2) is 5.96 Å². The minimum absolute atomic E-state index is 0.847. The Morgan fingerprint density at radius 1 is 1.52 bits per heavy atom. The summed E-state index contributed by atoms with van der Waals surface area (Å²) in [6.07, 6.45) is 4.82. The van der Waals surface area contributed by atoms with Crippen molar-refractivity contribution in [2.24, 2.45) is 10.9 Å². The molecule has 0 unspecified atom stereocenters. The molecule has 0 bridgehead atoms. The lowest BCUT2D eigenvalue weighted by molar-refractivity contribution is 0.122. The number of hydrogen-bond acceptors (Lipinski definition) is 3. The summed E-state index contributed by atoms with van der Waals surface area (Å²) in [7, 11) is 3.93. The fourth-order valence-corrected chi connectivity index (χ4v) is 2.83. The first kappa shape index (κ1) is 16.3. The van der Waals surface area contributed by atoms with Gasteiger partial charge in [0, 0.05) is 45.3 Å². The van der Waals surface area contributed by atoms with Crippen molar-refractivity contribution in [2.45, 2.75) is 25.7 Å². The van der Waals surface area contributed by atoms with E-state index in [2.05, 4.69) is 39.8 Å². The Balaban J connectivity index is 1.55. The van der Waals surface area contributed by atoms with Gasteiger partial charge in [0.2, 0.25) is 0 Å². The first-order valence-corrected chi connectivity index (χ1v) is 8.69. The molecular weight excluding hydrogens is 282 g/mol. The number of nitrogens with one attached hydrogen (secondary N) is 1. The van der Waals surface area contributed by atoms with Gasteiger partial charge in [-0.25, -0.2) is 0 Å². The van der Waals surface area contributed by atoms with Crippen LogP contribution in [0.2, 0.25) is 0 Å². The molecule has 1 aromatic heterocycles. The van der Waals surface area contributed by atoms with Crippen molar-refractivity contribution in [3.05, 3.63) is 22.4 Å². The number of aliphatic imine (C=N–C) groups is 1. The van der Waals surface area contributed by atoms with Gasteiger partial charge in [0.1, 0.15) is 0 Å². The van der Waals surface area contributed by atoms with E-state index < -0.39 is 0 Å². The third-order valence-electron chi connectivity index (χ3n) is 3.65. The van der Waals surface area contributed by atoms with Crippen LogP contribution in [0, 0.1) is 5.92 Å². The van der Waals surface area contributed by atoms with Crippen LogP contribution in [0.25, 0.3) is 0 Å². The summed E-state index contributed by atoms with van der Waals surface area (Å²) in [6.45, 7) is 3.70. The fourth-order valence-electron chi connectivity index (χ4n) is 2.13. The largest absolute Gasteiger partial charge is 0.381 e. The molecule has 1 heterocycles. The molecule has 21 heavy (non-hydrogen) atoms. The van der Waals surface area contributed by atoms with Crippen molar-refractivity contribution in [2.75, 3.05) is 40.4 Å². The quantitative estimate of drug-likeness (QED) is 0.433. The van der Waals surface area contributed by atoms with Crippen LogP contribution in [0.4, 0.5) is 0 Å². The van der Waals surface area contributed by atoms with Gasteiger partial charge in [0.25, 0.3) is 0 Å². The molecule has 1 fully saturated rings. The number of ether oxygens (including phenoxy) is 1. The average Bonchev–Trinajstić information content (AvgIpc) is 3.17. The van der Waals surface area contributed by atoms with Crippen LogP contribution in [-0.2, 0) is 11.2 Å². The molecule has 1 saturated carbocycles. The van der Waals surface area contributed by atoms with Crippen molar-refractivity contribution in [1.82, 2.24) is 10.2 Å². The zero-order chi connectivity index (χ0) is 14.9. The second-order valence-corrected chi connectivity index (χ2v) is 6.63. The molecule has 4 nitrogen and oxygen atoms in total. The standard InChI is InChI=1S/C16H27N3OS/c1-17-16(18-9-4-11-20-13-14-6-7-14)19(2)10-8-15-5-3-12-21-15/h3,5,12,14H,4,6-11,13H2,1-2H3,(H,17,18). The summed E-state index contributed by atoms with van der Waals surface area (Å²) in [5.74, 6) is 1.82. The Morgan fingerprint density at radius 3 is 3.05 bits per heavy atom. The van der Waals surface area contributed by atoms with Gasteiger partial charge in [-0.05, 0) is 43.0 Å². The summed E-state index contributed by atoms with van der Waals surface area (Å²) < 4.78 is 5.64. The van der Waals surface area contributed by atoms with Crippen LogP contribution in [0.1, 0.15) is 24.1 Å². The monoisotopic (exact) mass is 309 g/mol. The van der Waals surface area contributed by atoms with Gasteiger partial charge >= 0.3 is 0 Å². The maximum atomic E-state index is 5.64. The third kappa shape index (κ3) is 6.48. The Kier molecular flexibility index (Phi) is 7.03. The van der Waals surface area contributed by atoms with Gasteiger partial charge in [-0.2, -0.15) is 0 Å². The molecule has 0 aromatic carbocycles. The number of likely N-dealkylation sites (N-methyl/N-ethyl adjacent to an activating group) is 1. The number of nitrogens with zero attached hydrogens (tertiary/aromatic N) is 2. The molecular formula is C16H27N3OS. The van der Waals surface area contributed by atoms with Crippen molar-refractivity contribution in [3.63, 3.8) is 0 Å². The molecule has 2 rings (SSSR count). The van der Waals surface area contributed by atoms with Gasteiger partial charge in [-0.3, -0.25) is 4.99 Å². The third-order valence-corrected chi connectivity index (χ3v) is 4.58. The van der Waals surface area contributed by atoms with Crippen LogP contribution >= 0.6 is 11.3 Å². The Morgan fingerprint density at radius 2 is 2.38 bits per heavy atom. The van der Waals surface area contributed by atoms with Crippen LogP contribution in [-0.4, -0.2) is 51.3 Å². The van der Waals surface area contributed by atoms with Gasteiger partial charge in [0.05, 0.1) is 0 Å². The average molecular weight is 309 g/mol. The predicted molar refractivity (Wildman–Crippen MR) is 90.2 cm³/mol. The van der Waals surface area contributed by atoms with E-state index in [1.54, 1.807) is 0 Å². The van der Waals surface area contributed by atoms with Crippen molar-refractivity contribution in [3.8, 4) is 0 Å². The highest BCUT2D eigenvalue weighted by molar-refractivity contribution is 7.09. The lowest BCUT2D eigenvalue weighted by atomic mass is 10.3. The van der Waals surface area contributed by atoms with Crippen LogP contribution in [0.15, 0.2) is 22.5 Å². The highest BCUT2D eigenvalue weighted by Crippen LogP contribution is 2.28. The highest BCUT2D eigenvalue weighted by atomic mass is 32.1. The summed E-state index contributed by atoms with van der Waals surface area (Å²) >= 11 is 1.82. The van der Waals surface area contributed by atoms with Crippen molar-refractivity contribution >= 4 is 17.3 Å². The van der Waals surface area contributed by atoms with Gasteiger partial charge < -0.3 is 15.0 Å². The lowest BCUT2D eigenvalue weighted by Crippen LogP contribution is -2.40. The number of hydrogen-bond donors (Lipinski definition) is 1. The first-order valence-electron chi connectivity index (χ1n) is 7.81. The van der Waals surface area contributed by atoms with E-state index in [1.165, 1.54) is 17.7 Å². The van der Waals surface area contributed by atoms with Crippen LogP contribution in [0.3, 0.4) is 0 Å². The molecule has 0 spiro atoms. The van der Waals surface area contributed by atoms with E-state index >= 15 is 0 Å². The Hall–Kier alpha value is -1.07. The molecule has 1 aliphatic rings. The van der Waals surface area contributed by atoms with Crippen LogP contribution in [0.5, 0.6) is 0 Å². The molecule has 0 saturated heterocycles. The minimum atomic E-state index is 0.847. The van der Waals surface area contributed by atoms with Crippen LogP contribution < -0.4 is 5.32 Å². The summed E-state index contributed by atoms with van der Waals surface area (Å²) in [4.78, 5) is 7.95. The SMILES string of the molecule is CN=C(NCCCOCC1CC1)N(C)CCc1cccs1. The Bertz CT molecular complexity index is 415. The van der Waals surface area contributed by atoms with E-state index in [-0.39, 0.29) is 0 Å². The van der Waals surface area contributed by atoms with E-state index in [4.69, 9.17) is 4.74 Å². The van der Waals surface area contributed by atoms with Crippen molar-refractivity contribution in [1.29, 1.82) is 0 Å². The smallest absolute Gasteiger partial charge is 0.193 e. The second kappa shape index (κ2) is 9.05. The number of guanidine groups is 1. The molecule has 0 radical (unpaired) electrons. The van der Waals surface area contributed by atoms with E-state index in [1.807, 2.05) is 18.4 Å². The highest BCUT2D eigenvalue weighted by Gasteiger charge is 2.20. The number of thiophene rings is 1. The molecule has 1 aliphatic carbocycles. The summed E-state index contributed by atoms with van der Waals surface area (Å²) in [6, 6.07) is 4.29. The van der Waals surface area contributed by atoms with E-state index in [0.29, 0.717) is 0 Å². The molecule has 5 heteroatoms. The maximum Gasteiger partial charge on any atom is 0.193 e. The fraction of sp³-hybridized carbons (Fsp3) is 0.688. The van der Waals surface area contributed by atoms with Crippen molar-refractivity contribution < 1.29 is 4.74 Å². The summed E-state index contributed by atoms with van der Waals surface area (Å²) in [5.41, 5.74) is 0. The minimum Gasteiger partial charge on any atom is -0.381 e. The molecule has 1 N–H and O–H groups in total. The molecule has 118 valence electrons. The molecule has 1 aromatic rings. The van der Waals surface area contributed by atoms with Gasteiger partial charge in [-0.1, -0.05) is 6.07 Å². The topological polar surface area (TPSA) is 36.9 Å². The summed E-state index contributed by atoms with van der Waals surface area (Å²) in [5, 5.41) is 5.53. The predicted octanol–water partition coefficient (Wildman–Crippen LogP) is 2.61. The Labute approximate surface area is 132 Å².